The Balaban J connectivity index is 1.25. The highest BCUT2D eigenvalue weighted by Crippen LogP contribution is 2.42. The summed E-state index contributed by atoms with van der Waals surface area (Å²) in [5, 5.41) is 11.3. The first-order chi connectivity index (χ1) is 25.1. The Kier molecular flexibility index (Phi) is 9.91. The van der Waals surface area contributed by atoms with Crippen LogP contribution in [0.3, 0.4) is 0 Å². The zero-order chi connectivity index (χ0) is 35.2. The van der Waals surface area contributed by atoms with Gasteiger partial charge in [-0.15, -0.1) is 0 Å². The topological polar surface area (TPSA) is 178 Å². The van der Waals surface area contributed by atoms with Gasteiger partial charge in [0, 0.05) is 45.2 Å². The van der Waals surface area contributed by atoms with E-state index in [1.54, 1.807) is 28.2 Å². The maximum atomic E-state index is 11.8. The third kappa shape index (κ3) is 7.12. The van der Waals surface area contributed by atoms with Crippen molar-refractivity contribution >= 4 is 35.9 Å². The predicted octanol–water partition coefficient (Wildman–Crippen LogP) is 3.42. The van der Waals surface area contributed by atoms with Gasteiger partial charge in [-0.3, -0.25) is 18.8 Å². The lowest BCUT2D eigenvalue weighted by molar-refractivity contribution is -0.151. The second-order valence-electron chi connectivity index (χ2n) is 12.0. The number of hydrogen-bond donors (Lipinski definition) is 2. The number of benzene rings is 2. The third-order valence-electron chi connectivity index (χ3n) is 8.74. The van der Waals surface area contributed by atoms with Crippen molar-refractivity contribution in [3.63, 3.8) is 0 Å². The minimum absolute atomic E-state index is 0.000960. The lowest BCUT2D eigenvalue weighted by atomic mass is 9.91. The number of aryl methyl sites for hydroxylation is 2. The molecule has 2 aromatic carbocycles. The summed E-state index contributed by atoms with van der Waals surface area (Å²) in [7, 11) is 1.92. The van der Waals surface area contributed by atoms with Gasteiger partial charge in [0.05, 0.1) is 18.3 Å². The molecule has 4 atom stereocenters. The van der Waals surface area contributed by atoms with Crippen LogP contribution in [0, 0.1) is 0 Å². The number of hydrogen-bond acceptors (Lipinski definition) is 13. The summed E-state index contributed by atoms with van der Waals surface area (Å²) in [6, 6.07) is 20.5. The number of carbonyl (C=O) groups is 2. The van der Waals surface area contributed by atoms with Crippen LogP contribution in [-0.2, 0) is 43.8 Å². The molecule has 2 N–H and O–H groups in total. The van der Waals surface area contributed by atoms with Gasteiger partial charge < -0.3 is 29.4 Å². The number of imidazole rings is 2. The number of rotatable bonds is 16. The van der Waals surface area contributed by atoms with Gasteiger partial charge >= 0.3 is 0 Å². The van der Waals surface area contributed by atoms with Crippen molar-refractivity contribution < 1.29 is 23.8 Å². The highest BCUT2D eigenvalue weighted by atomic mass is 16.6. The van der Waals surface area contributed by atoms with Crippen LogP contribution in [0.2, 0.25) is 0 Å². The molecular formula is C35H37N11O5. The molecular weight excluding hydrogens is 654 g/mol. The Morgan fingerprint density at radius 3 is 2.25 bits per heavy atom. The van der Waals surface area contributed by atoms with E-state index >= 15 is 0 Å². The van der Waals surface area contributed by atoms with Crippen molar-refractivity contribution in [2.75, 3.05) is 23.7 Å². The van der Waals surface area contributed by atoms with E-state index in [-0.39, 0.29) is 18.2 Å². The number of carbonyl (C=O) groups excluding carboxylic acids is 2. The third-order valence-corrected chi connectivity index (χ3v) is 8.74. The number of nitrogens with one attached hydrogen (secondary N) is 2. The van der Waals surface area contributed by atoms with Gasteiger partial charge in [0.2, 0.25) is 5.95 Å². The van der Waals surface area contributed by atoms with Crippen molar-refractivity contribution in [3.05, 3.63) is 108 Å². The Morgan fingerprint density at radius 1 is 0.882 bits per heavy atom. The predicted molar refractivity (Wildman–Crippen MR) is 184 cm³/mol. The molecule has 0 spiro atoms. The molecule has 0 radical (unpaired) electrons. The lowest BCUT2D eigenvalue weighted by Crippen LogP contribution is -2.34. The van der Waals surface area contributed by atoms with Gasteiger partial charge in [0.15, 0.2) is 47.3 Å². The van der Waals surface area contributed by atoms with Gasteiger partial charge in [0.1, 0.15) is 6.33 Å². The summed E-state index contributed by atoms with van der Waals surface area (Å²) < 4.78 is 22.5. The van der Waals surface area contributed by atoms with E-state index in [1.807, 2.05) is 61.1 Å². The first-order valence-corrected chi connectivity index (χ1v) is 16.6. The highest BCUT2D eigenvalue weighted by molar-refractivity contribution is 5.84. The normalized spacial score (nSPS) is 18.6. The molecule has 0 bridgehead atoms. The van der Waals surface area contributed by atoms with E-state index in [1.165, 1.54) is 0 Å². The second-order valence-corrected chi connectivity index (χ2v) is 12.0. The largest absolute Gasteiger partial charge is 0.457 e. The molecule has 51 heavy (non-hydrogen) atoms. The molecule has 1 aliphatic rings. The number of aromatic nitrogens is 9. The highest BCUT2D eigenvalue weighted by Gasteiger charge is 2.51. The Hall–Kier alpha value is -6.16. The Labute approximate surface area is 292 Å². The van der Waals surface area contributed by atoms with Crippen LogP contribution in [0.1, 0.15) is 47.8 Å². The minimum atomic E-state index is -1.07. The van der Waals surface area contributed by atoms with Crippen LogP contribution >= 0.6 is 0 Å². The van der Waals surface area contributed by atoms with E-state index in [9.17, 15) is 9.59 Å². The summed E-state index contributed by atoms with van der Waals surface area (Å²) in [5.74, 6) is 1.10. The Bertz CT molecular complexity index is 2030. The molecule has 1 fully saturated rings. The van der Waals surface area contributed by atoms with Crippen molar-refractivity contribution in [2.24, 2.45) is 7.05 Å². The fraction of sp³-hybridized carbons (Fsp3) is 0.314. The van der Waals surface area contributed by atoms with Crippen LogP contribution in [0.25, 0.3) is 11.2 Å². The smallest absolute Gasteiger partial charge is 0.293 e. The van der Waals surface area contributed by atoms with Crippen LogP contribution < -0.4 is 10.6 Å². The standard InChI is InChI=1S/C35H37N11O5/c1-3-45-19-40-32(43-45)29-28(49-21-47)30(50-22-48)34(51-29)46-20-39-27-31(41-35(42-33(27)46)36-15-14-25-17-44(2)18-38-25)37-16-26(23-10-6-4-7-11-23)24-12-8-5-9-13-24/h4-13,17-22,26,28-30,34H,3,14-16H2,1-2H3,(H2,36,37,41,42)/t28-,29-,30+,34+/m0/s1. The lowest BCUT2D eigenvalue weighted by Gasteiger charge is -2.21. The number of ether oxygens (including phenoxy) is 3. The molecule has 1 saturated heterocycles. The van der Waals surface area contributed by atoms with Gasteiger partial charge in [-0.25, -0.2) is 15.0 Å². The molecule has 5 heterocycles. The van der Waals surface area contributed by atoms with Gasteiger partial charge in [-0.05, 0) is 18.1 Å². The molecule has 0 saturated carbocycles. The molecule has 6 aromatic rings. The van der Waals surface area contributed by atoms with E-state index < -0.39 is 24.5 Å². The summed E-state index contributed by atoms with van der Waals surface area (Å²) in [6.07, 6.45) is 3.38. The van der Waals surface area contributed by atoms with Crippen LogP contribution in [0.15, 0.2) is 85.8 Å². The molecule has 0 unspecified atom stereocenters. The fourth-order valence-electron chi connectivity index (χ4n) is 6.29. The maximum absolute atomic E-state index is 11.8. The van der Waals surface area contributed by atoms with Crippen LogP contribution in [0.5, 0.6) is 0 Å². The zero-order valence-corrected chi connectivity index (χ0v) is 28.0. The molecule has 262 valence electrons. The average Bonchev–Trinajstić information content (AvgIpc) is 3.97. The molecule has 4 aromatic heterocycles. The van der Waals surface area contributed by atoms with E-state index in [0.29, 0.717) is 55.5 Å². The molecule has 16 heteroatoms. The second kappa shape index (κ2) is 15.2. The van der Waals surface area contributed by atoms with Crippen molar-refractivity contribution in [2.45, 2.75) is 50.3 Å². The van der Waals surface area contributed by atoms with Gasteiger partial charge in [0.25, 0.3) is 12.9 Å². The average molecular weight is 692 g/mol. The Morgan fingerprint density at radius 2 is 1.61 bits per heavy atom. The molecule has 1 aliphatic heterocycles. The fourth-order valence-corrected chi connectivity index (χ4v) is 6.29. The van der Waals surface area contributed by atoms with Gasteiger partial charge in [-0.2, -0.15) is 15.1 Å². The summed E-state index contributed by atoms with van der Waals surface area (Å²) in [5.41, 5.74) is 4.05. The molecule has 16 nitrogen and oxygen atoms in total. The first kappa shape index (κ1) is 33.3. The van der Waals surface area contributed by atoms with Crippen molar-refractivity contribution in [1.29, 1.82) is 0 Å². The minimum Gasteiger partial charge on any atom is -0.457 e. The van der Waals surface area contributed by atoms with Crippen molar-refractivity contribution in [1.82, 2.24) is 43.8 Å². The van der Waals surface area contributed by atoms with E-state index in [0.717, 1.165) is 16.8 Å². The van der Waals surface area contributed by atoms with E-state index in [4.69, 9.17) is 29.2 Å². The van der Waals surface area contributed by atoms with Crippen molar-refractivity contribution in [3.8, 4) is 0 Å². The number of fused-ring (bicyclic) bond motifs is 1. The van der Waals surface area contributed by atoms with Gasteiger partial charge in [-0.1, -0.05) is 60.7 Å². The summed E-state index contributed by atoms with van der Waals surface area (Å²) in [4.78, 5) is 46.6. The quantitative estimate of drug-likeness (QED) is 0.141. The monoisotopic (exact) mass is 691 g/mol. The number of nitrogens with zero attached hydrogens (tertiary/aromatic N) is 9. The number of anilines is 2. The zero-order valence-electron chi connectivity index (χ0n) is 28.0. The SMILES string of the molecule is CCn1cnc([C@H]2O[C@@H](n3cnc4c(NCC(c5ccccc5)c5ccccc5)nc(NCCc5cn(C)cn5)nc43)[C@H](OC=O)[C@H]2OC=O)n1. The molecule has 0 amide bonds. The van der Waals surface area contributed by atoms with Crippen LogP contribution in [-0.4, -0.2) is 82.1 Å². The van der Waals surface area contributed by atoms with E-state index in [2.05, 4.69) is 50.0 Å². The molecule has 7 rings (SSSR count). The van der Waals surface area contributed by atoms with Crippen LogP contribution in [0.4, 0.5) is 11.8 Å². The first-order valence-electron chi connectivity index (χ1n) is 16.6. The molecule has 0 aliphatic carbocycles. The summed E-state index contributed by atoms with van der Waals surface area (Å²) in [6.45, 7) is 4.08. The summed E-state index contributed by atoms with van der Waals surface area (Å²) >= 11 is 0. The maximum Gasteiger partial charge on any atom is 0.293 e.